The number of esters is 2. The zero-order valence-corrected chi connectivity index (χ0v) is 48.1. The van der Waals surface area contributed by atoms with Crippen LogP contribution in [0.5, 0.6) is 11.5 Å². The number of aliphatic carboxylic acids is 1. The summed E-state index contributed by atoms with van der Waals surface area (Å²) in [6.45, 7) is 2.47. The Morgan fingerprint density at radius 2 is 0.974 bits per heavy atom. The van der Waals surface area contributed by atoms with Crippen molar-refractivity contribution >= 4 is 110 Å². The number of halogens is 2. The number of benzene rings is 4. The van der Waals surface area contributed by atoms with E-state index in [-0.39, 0.29) is 57.2 Å². The number of hydrogen-bond donors (Lipinski definition) is 3. The van der Waals surface area contributed by atoms with Crippen molar-refractivity contribution in [3.63, 3.8) is 0 Å². The minimum atomic E-state index is -3.39. The van der Waals surface area contributed by atoms with Crippen LogP contribution in [-0.4, -0.2) is 120 Å². The SMILES string of the molecule is COC(=O)c1sc(-c2cccc(NC3CCN(S(=O)(=O)Cc4ccccc4)CC3)c2)c(Br)c1OCC(=O)O.COC(=O)c1sc(-c2cccc(NC3CCN(S(=O)(=O)Cc4ccccc4)CC3)c2)c(Br)c1OCC(C)=O. The van der Waals surface area contributed by atoms with Crippen molar-refractivity contribution < 1.29 is 60.1 Å². The fourth-order valence-corrected chi connectivity index (χ4v) is 15.5. The summed E-state index contributed by atoms with van der Waals surface area (Å²) in [5.41, 5.74) is 4.95. The molecule has 404 valence electrons. The van der Waals surface area contributed by atoms with E-state index >= 15 is 0 Å². The van der Waals surface area contributed by atoms with Crippen molar-refractivity contribution in [2.45, 2.75) is 56.2 Å². The Labute approximate surface area is 466 Å². The molecule has 0 aliphatic carbocycles. The summed E-state index contributed by atoms with van der Waals surface area (Å²) < 4.78 is 76.4. The molecule has 0 atom stereocenters. The van der Waals surface area contributed by atoms with Crippen LogP contribution in [0.2, 0.25) is 0 Å². The molecule has 2 saturated heterocycles. The van der Waals surface area contributed by atoms with Crippen LogP contribution in [-0.2, 0) is 50.6 Å². The highest BCUT2D eigenvalue weighted by Crippen LogP contribution is 2.48. The van der Waals surface area contributed by atoms with Gasteiger partial charge in [0.25, 0.3) is 0 Å². The van der Waals surface area contributed by atoms with Gasteiger partial charge in [0.2, 0.25) is 20.0 Å². The highest BCUT2D eigenvalue weighted by Gasteiger charge is 2.31. The molecule has 0 amide bonds. The Morgan fingerprint density at radius 3 is 1.33 bits per heavy atom. The molecule has 0 bridgehead atoms. The summed E-state index contributed by atoms with van der Waals surface area (Å²) in [4.78, 5) is 49.0. The lowest BCUT2D eigenvalue weighted by Gasteiger charge is -2.32. The van der Waals surface area contributed by atoms with E-state index in [9.17, 15) is 36.0 Å². The lowest BCUT2D eigenvalue weighted by Crippen LogP contribution is -2.42. The molecule has 4 heterocycles. The molecule has 0 spiro atoms. The molecular weight excluding hydrogens is 1190 g/mol. The predicted octanol–water partition coefficient (Wildman–Crippen LogP) is 10.2. The molecule has 8 rings (SSSR count). The summed E-state index contributed by atoms with van der Waals surface area (Å²) in [5, 5.41) is 16.0. The van der Waals surface area contributed by atoms with Crippen LogP contribution in [0.3, 0.4) is 0 Å². The topological polar surface area (TPSA) is 224 Å². The van der Waals surface area contributed by atoms with E-state index in [2.05, 4.69) is 42.5 Å². The van der Waals surface area contributed by atoms with E-state index in [1.807, 2.05) is 109 Å². The van der Waals surface area contributed by atoms with Gasteiger partial charge in [-0.05, 0) is 111 Å². The number of carboxylic acids is 1. The number of carbonyl (C=O) groups excluding carboxylic acids is 3. The smallest absolute Gasteiger partial charge is 0.351 e. The second-order valence-electron chi connectivity index (χ2n) is 17.7. The van der Waals surface area contributed by atoms with Crippen molar-refractivity contribution in [3.05, 3.63) is 139 Å². The van der Waals surface area contributed by atoms with Gasteiger partial charge in [-0.2, -0.15) is 0 Å². The van der Waals surface area contributed by atoms with Gasteiger partial charge < -0.3 is 34.7 Å². The quantitative estimate of drug-likeness (QED) is 0.0605. The number of piperidine rings is 2. The standard InChI is InChI=1S/C27H29BrN2O6S2.C26H27BrN2O7S2/c1-18(31)16-36-24-23(28)25(37-26(24)27(32)35-2)20-9-6-10-22(15-20)29-21-11-13-30(14-12-21)38(33,34)17-19-7-4-3-5-8-19;1-35-26(32)25-23(36-15-21(30)31)22(27)24(37-25)18-8-5-9-20(14-18)28-19-10-12-29(13-11-19)38(33,34)16-17-6-3-2-4-7-17/h3-10,15,21,29H,11-14,16-17H2,1-2H3;2-9,14,19,28H,10-13,15-16H2,1H3,(H,30,31). The number of carboxylic acid groups (broad SMARTS) is 1. The highest BCUT2D eigenvalue weighted by molar-refractivity contribution is 9.11. The average molecular weight is 1250 g/mol. The number of sulfonamides is 2. The zero-order valence-electron chi connectivity index (χ0n) is 41.7. The maximum absolute atomic E-state index is 12.9. The van der Waals surface area contributed by atoms with E-state index < -0.39 is 44.6 Å². The molecular formula is C53H56Br2N4O13S4. The molecule has 2 fully saturated rings. The first-order valence-electron chi connectivity index (χ1n) is 23.9. The second kappa shape index (κ2) is 26.6. The van der Waals surface area contributed by atoms with Gasteiger partial charge >= 0.3 is 17.9 Å². The number of nitrogens with zero attached hydrogens (tertiary/aromatic N) is 2. The second-order valence-corrected chi connectivity index (χ2v) is 25.3. The van der Waals surface area contributed by atoms with Crippen molar-refractivity contribution in [2.75, 3.05) is 64.2 Å². The Bertz CT molecular complexity index is 3020. The third-order valence-electron chi connectivity index (χ3n) is 12.2. The number of nitrogens with one attached hydrogen (secondary N) is 2. The molecule has 2 aliphatic rings. The van der Waals surface area contributed by atoms with Crippen molar-refractivity contribution in [1.29, 1.82) is 0 Å². The summed E-state index contributed by atoms with van der Waals surface area (Å²) in [6, 6.07) is 34.0. The van der Waals surface area contributed by atoms with Gasteiger partial charge in [0, 0.05) is 49.6 Å². The first-order chi connectivity index (χ1) is 36.3. The number of rotatable bonds is 20. The third kappa shape index (κ3) is 15.3. The van der Waals surface area contributed by atoms with E-state index in [1.165, 1.54) is 32.5 Å². The monoisotopic (exact) mass is 1240 g/mol. The van der Waals surface area contributed by atoms with E-state index in [0.29, 0.717) is 65.7 Å². The van der Waals surface area contributed by atoms with Crippen LogP contribution < -0.4 is 20.1 Å². The minimum absolute atomic E-state index is 0.00456. The van der Waals surface area contributed by atoms with Crippen molar-refractivity contribution in [2.24, 2.45) is 0 Å². The number of anilines is 2. The van der Waals surface area contributed by atoms with Gasteiger partial charge in [0.1, 0.15) is 6.61 Å². The number of ether oxygens (including phenoxy) is 4. The van der Waals surface area contributed by atoms with E-state index in [1.54, 1.807) is 8.61 Å². The van der Waals surface area contributed by atoms with Gasteiger partial charge in [-0.3, -0.25) is 4.79 Å². The number of Topliss-reactive ketones (excluding diaryl/α,β-unsaturated/α-hetero) is 1. The maximum atomic E-state index is 12.9. The summed E-state index contributed by atoms with van der Waals surface area (Å²) in [7, 11) is -4.21. The Kier molecular flexibility index (Phi) is 20.3. The molecule has 6 aromatic rings. The van der Waals surface area contributed by atoms with Crippen LogP contribution in [0.1, 0.15) is 63.1 Å². The molecule has 2 aromatic heterocycles. The first-order valence-corrected chi connectivity index (χ1v) is 30.3. The molecule has 17 nitrogen and oxygen atoms in total. The molecule has 2 aliphatic heterocycles. The van der Waals surface area contributed by atoms with Crippen LogP contribution in [0.15, 0.2) is 118 Å². The van der Waals surface area contributed by atoms with Crippen LogP contribution in [0, 0.1) is 0 Å². The lowest BCUT2D eigenvalue weighted by atomic mass is 10.1. The van der Waals surface area contributed by atoms with Crippen LogP contribution in [0.25, 0.3) is 20.9 Å². The highest BCUT2D eigenvalue weighted by atomic mass is 79.9. The Morgan fingerprint density at radius 1 is 0.592 bits per heavy atom. The number of methoxy groups -OCH3 is 2. The largest absolute Gasteiger partial charge is 0.483 e. The number of carbonyl (C=O) groups is 4. The van der Waals surface area contributed by atoms with E-state index in [4.69, 9.17) is 24.1 Å². The van der Waals surface area contributed by atoms with Gasteiger partial charge in [-0.1, -0.05) is 84.9 Å². The van der Waals surface area contributed by atoms with E-state index in [0.717, 1.165) is 49.8 Å². The number of hydrogen-bond acceptors (Lipinski definition) is 16. The fourth-order valence-electron chi connectivity index (χ4n) is 8.46. The molecule has 0 radical (unpaired) electrons. The lowest BCUT2D eigenvalue weighted by molar-refractivity contribution is -0.139. The molecule has 3 N–H and O–H groups in total. The van der Waals surface area contributed by atoms with Crippen LogP contribution >= 0.6 is 54.5 Å². The fraction of sp³-hybridized carbons (Fsp3) is 0.321. The Balaban J connectivity index is 0.000000221. The molecule has 76 heavy (non-hydrogen) atoms. The normalized spacial score (nSPS) is 14.7. The van der Waals surface area contributed by atoms with Gasteiger partial charge in [0.15, 0.2) is 33.6 Å². The number of ketones is 1. The van der Waals surface area contributed by atoms with Crippen LogP contribution in [0.4, 0.5) is 11.4 Å². The summed E-state index contributed by atoms with van der Waals surface area (Å²) in [6.07, 6.45) is 2.72. The van der Waals surface area contributed by atoms with Gasteiger partial charge in [0.05, 0.1) is 44.4 Å². The minimum Gasteiger partial charge on any atom is -0.483 e. The predicted molar refractivity (Wildman–Crippen MR) is 301 cm³/mol. The third-order valence-corrected chi connectivity index (χ3v) is 20.3. The molecule has 23 heteroatoms. The number of thiophene rings is 2. The molecule has 0 unspecified atom stereocenters. The average Bonchev–Trinajstić information content (AvgIpc) is 3.94. The zero-order chi connectivity index (χ0) is 54.6. The van der Waals surface area contributed by atoms with Crippen molar-refractivity contribution in [1.82, 2.24) is 8.61 Å². The molecule has 4 aromatic carbocycles. The summed E-state index contributed by atoms with van der Waals surface area (Å²) in [5.74, 6) is -2.06. The first kappa shape index (κ1) is 58.0. The Hall–Kier alpha value is -5.66. The maximum Gasteiger partial charge on any atom is 0.351 e. The van der Waals surface area contributed by atoms with Gasteiger partial charge in [-0.25, -0.2) is 39.8 Å². The molecule has 0 saturated carbocycles. The van der Waals surface area contributed by atoms with Gasteiger partial charge in [-0.15, -0.1) is 22.7 Å². The summed E-state index contributed by atoms with van der Waals surface area (Å²) >= 11 is 9.37. The van der Waals surface area contributed by atoms with Crippen molar-refractivity contribution in [3.8, 4) is 32.4 Å².